The van der Waals surface area contributed by atoms with Crippen LogP contribution in [0.2, 0.25) is 0 Å². The summed E-state index contributed by atoms with van der Waals surface area (Å²) in [4.78, 5) is 30.6. The molecule has 0 aliphatic carbocycles. The number of nitrogens with one attached hydrogen (secondary N) is 1. The van der Waals surface area contributed by atoms with Crippen molar-refractivity contribution in [2.24, 2.45) is 0 Å². The number of aryl methyl sites for hydroxylation is 1. The number of ether oxygens (including phenoxy) is 2. The molecule has 0 aliphatic heterocycles. The van der Waals surface area contributed by atoms with Crippen molar-refractivity contribution in [1.29, 1.82) is 5.26 Å². The first-order valence-electron chi connectivity index (χ1n) is 11.9. The number of nitriles is 1. The van der Waals surface area contributed by atoms with Crippen molar-refractivity contribution in [3.05, 3.63) is 75.2 Å². The summed E-state index contributed by atoms with van der Waals surface area (Å²) in [5.41, 5.74) is 1.67. The first-order chi connectivity index (χ1) is 17.2. The number of nitrogens with zero attached hydrogens (tertiary/aromatic N) is 3. The van der Waals surface area contributed by atoms with E-state index in [-0.39, 0.29) is 22.4 Å². The van der Waals surface area contributed by atoms with Gasteiger partial charge in [-0.1, -0.05) is 39.0 Å². The number of carbonyl (C=O) groups excluding carboxylic acids is 1. The summed E-state index contributed by atoms with van der Waals surface area (Å²) in [5, 5.41) is 12.3. The maximum absolute atomic E-state index is 13.4. The van der Waals surface area contributed by atoms with Crippen molar-refractivity contribution in [2.75, 3.05) is 19.8 Å². The number of aromatic nitrogens is 2. The topological polar surface area (TPSA) is 106 Å². The second-order valence-electron chi connectivity index (χ2n) is 9.37. The van der Waals surface area contributed by atoms with Crippen LogP contribution < -0.4 is 15.6 Å². The molecule has 0 spiro atoms. The molecular weight excluding hydrogens is 456 g/mol. The first-order valence-corrected chi connectivity index (χ1v) is 11.9. The molecule has 0 unspecified atom stereocenters. The molecule has 0 saturated heterocycles. The standard InChI is InChI=1S/C28H32N4O4/c1-6-35-16-8-14-30-25(33)20(18-29)17-23-26(31-24-19(2)9-7-15-32(24)27(23)34)36-22-12-10-21(11-13-22)28(3,4)5/h7,9-13,15,17H,6,8,14,16H2,1-5H3,(H,30,33). The van der Waals surface area contributed by atoms with E-state index in [1.54, 1.807) is 12.3 Å². The minimum Gasteiger partial charge on any atom is -0.438 e. The monoisotopic (exact) mass is 488 g/mol. The van der Waals surface area contributed by atoms with E-state index in [4.69, 9.17) is 9.47 Å². The van der Waals surface area contributed by atoms with Crippen LogP contribution in [0.25, 0.3) is 11.7 Å². The Bertz CT molecular complexity index is 1360. The molecule has 1 amide bonds. The minimum atomic E-state index is -0.580. The smallest absolute Gasteiger partial charge is 0.269 e. The Morgan fingerprint density at radius 3 is 2.58 bits per heavy atom. The van der Waals surface area contributed by atoms with Crippen molar-refractivity contribution < 1.29 is 14.3 Å². The summed E-state index contributed by atoms with van der Waals surface area (Å²) >= 11 is 0. The van der Waals surface area contributed by atoms with Gasteiger partial charge in [0, 0.05) is 26.0 Å². The number of amides is 1. The number of fused-ring (bicyclic) bond motifs is 1. The van der Waals surface area contributed by atoms with Crippen molar-refractivity contribution in [2.45, 2.75) is 46.5 Å². The zero-order valence-electron chi connectivity index (χ0n) is 21.4. The number of benzene rings is 1. The van der Waals surface area contributed by atoms with Crippen LogP contribution in [0, 0.1) is 18.3 Å². The van der Waals surface area contributed by atoms with E-state index in [0.717, 1.165) is 11.1 Å². The molecule has 8 heteroatoms. The molecule has 0 fully saturated rings. The first kappa shape index (κ1) is 26.6. The molecule has 0 atom stereocenters. The van der Waals surface area contributed by atoms with E-state index >= 15 is 0 Å². The van der Waals surface area contributed by atoms with Gasteiger partial charge in [0.25, 0.3) is 11.5 Å². The SMILES string of the molecule is CCOCCCNC(=O)C(C#N)=Cc1c(Oc2ccc(C(C)(C)C)cc2)nc2c(C)cccn2c1=O. The van der Waals surface area contributed by atoms with E-state index < -0.39 is 11.5 Å². The van der Waals surface area contributed by atoms with E-state index in [0.29, 0.717) is 37.6 Å². The van der Waals surface area contributed by atoms with E-state index in [2.05, 4.69) is 31.1 Å². The van der Waals surface area contributed by atoms with Gasteiger partial charge in [-0.2, -0.15) is 10.2 Å². The van der Waals surface area contributed by atoms with E-state index in [9.17, 15) is 14.9 Å². The molecule has 2 aromatic heterocycles. The summed E-state index contributed by atoms with van der Waals surface area (Å²) in [6.07, 6.45) is 3.44. The molecular formula is C28H32N4O4. The molecule has 3 aromatic rings. The van der Waals surface area contributed by atoms with Gasteiger partial charge < -0.3 is 14.8 Å². The predicted octanol–water partition coefficient (Wildman–Crippen LogP) is 4.54. The largest absolute Gasteiger partial charge is 0.438 e. The average molecular weight is 489 g/mol. The van der Waals surface area contributed by atoms with Gasteiger partial charge in [-0.3, -0.25) is 14.0 Å². The van der Waals surface area contributed by atoms with Crippen LogP contribution in [0.15, 0.2) is 53.0 Å². The third kappa shape index (κ3) is 6.37. The van der Waals surface area contributed by atoms with Gasteiger partial charge >= 0.3 is 0 Å². The lowest BCUT2D eigenvalue weighted by molar-refractivity contribution is -0.117. The highest BCUT2D eigenvalue weighted by Crippen LogP contribution is 2.28. The fourth-order valence-electron chi connectivity index (χ4n) is 3.54. The molecule has 1 N–H and O–H groups in total. The van der Waals surface area contributed by atoms with Gasteiger partial charge in [-0.15, -0.1) is 0 Å². The van der Waals surface area contributed by atoms with E-state index in [1.165, 1.54) is 10.5 Å². The molecule has 2 heterocycles. The Morgan fingerprint density at radius 1 is 1.22 bits per heavy atom. The minimum absolute atomic E-state index is 0.0130. The van der Waals surface area contributed by atoms with Crippen LogP contribution in [-0.4, -0.2) is 35.1 Å². The summed E-state index contributed by atoms with van der Waals surface area (Å²) < 4.78 is 12.7. The molecule has 0 bridgehead atoms. The number of hydrogen-bond donors (Lipinski definition) is 1. The average Bonchev–Trinajstić information content (AvgIpc) is 2.84. The van der Waals surface area contributed by atoms with Crippen LogP contribution >= 0.6 is 0 Å². The summed E-state index contributed by atoms with van der Waals surface area (Å²) in [5.74, 6) is -0.0701. The third-order valence-electron chi connectivity index (χ3n) is 5.59. The van der Waals surface area contributed by atoms with Gasteiger partial charge in [-0.25, -0.2) is 0 Å². The number of hydrogen-bond acceptors (Lipinski definition) is 6. The Labute approximate surface area is 211 Å². The van der Waals surface area contributed by atoms with Crippen molar-refractivity contribution >= 4 is 17.6 Å². The zero-order valence-corrected chi connectivity index (χ0v) is 21.4. The summed E-state index contributed by atoms with van der Waals surface area (Å²) in [7, 11) is 0. The highest BCUT2D eigenvalue weighted by atomic mass is 16.5. The van der Waals surface area contributed by atoms with Gasteiger partial charge in [0.15, 0.2) is 0 Å². The van der Waals surface area contributed by atoms with Crippen LogP contribution in [-0.2, 0) is 14.9 Å². The van der Waals surface area contributed by atoms with Crippen LogP contribution in [0.1, 0.15) is 50.8 Å². The van der Waals surface area contributed by atoms with E-state index in [1.807, 2.05) is 50.2 Å². The Balaban J connectivity index is 2.02. The highest BCUT2D eigenvalue weighted by Gasteiger charge is 2.19. The van der Waals surface area contributed by atoms with Crippen LogP contribution in [0.5, 0.6) is 11.6 Å². The molecule has 8 nitrogen and oxygen atoms in total. The normalized spacial score (nSPS) is 11.8. The fraction of sp³-hybridized carbons (Fsp3) is 0.357. The van der Waals surface area contributed by atoms with Crippen molar-refractivity contribution in [3.63, 3.8) is 0 Å². The lowest BCUT2D eigenvalue weighted by Crippen LogP contribution is -2.27. The maximum atomic E-state index is 13.4. The van der Waals surface area contributed by atoms with Gasteiger partial charge in [0.1, 0.15) is 28.6 Å². The Hall–Kier alpha value is -3.96. The number of rotatable bonds is 9. The quantitative estimate of drug-likeness (QED) is 0.269. The van der Waals surface area contributed by atoms with Crippen molar-refractivity contribution in [1.82, 2.24) is 14.7 Å². The maximum Gasteiger partial charge on any atom is 0.269 e. The third-order valence-corrected chi connectivity index (χ3v) is 5.59. The molecule has 0 aliphatic rings. The summed E-state index contributed by atoms with van der Waals surface area (Å²) in [6.45, 7) is 11.5. The van der Waals surface area contributed by atoms with Crippen LogP contribution in [0.4, 0.5) is 0 Å². The van der Waals surface area contributed by atoms with Gasteiger partial charge in [-0.05, 0) is 61.1 Å². The second kappa shape index (κ2) is 11.6. The number of pyridine rings is 1. The predicted molar refractivity (Wildman–Crippen MR) is 139 cm³/mol. The summed E-state index contributed by atoms with van der Waals surface area (Å²) in [6, 6.07) is 13.0. The van der Waals surface area contributed by atoms with Gasteiger partial charge in [0.05, 0.1) is 0 Å². The fourth-order valence-corrected chi connectivity index (χ4v) is 3.54. The highest BCUT2D eigenvalue weighted by molar-refractivity contribution is 6.01. The lowest BCUT2D eigenvalue weighted by Gasteiger charge is -2.19. The lowest BCUT2D eigenvalue weighted by atomic mass is 9.87. The van der Waals surface area contributed by atoms with Crippen molar-refractivity contribution in [3.8, 4) is 17.7 Å². The van der Waals surface area contributed by atoms with Gasteiger partial charge in [0.2, 0.25) is 5.88 Å². The Kier molecular flexibility index (Phi) is 8.62. The Morgan fingerprint density at radius 2 is 1.94 bits per heavy atom. The molecule has 36 heavy (non-hydrogen) atoms. The molecule has 3 rings (SSSR count). The molecule has 188 valence electrons. The van der Waals surface area contributed by atoms with Crippen LogP contribution in [0.3, 0.4) is 0 Å². The molecule has 1 aromatic carbocycles. The molecule has 0 saturated carbocycles. The molecule has 0 radical (unpaired) electrons. The number of carbonyl (C=O) groups is 1. The zero-order chi connectivity index (χ0) is 26.3. The second-order valence-corrected chi connectivity index (χ2v) is 9.37.